The zero-order valence-electron chi connectivity index (χ0n) is 8.89. The highest BCUT2D eigenvalue weighted by molar-refractivity contribution is 14.1. The molecule has 0 unspecified atom stereocenters. The minimum Gasteiger partial charge on any atom is -0.314 e. The lowest BCUT2D eigenvalue weighted by Gasteiger charge is -2.20. The van der Waals surface area contributed by atoms with Crippen LogP contribution in [-0.2, 0) is 3.07 Å². The van der Waals surface area contributed by atoms with Crippen molar-refractivity contribution >= 4 is 23.0 Å². The van der Waals surface area contributed by atoms with E-state index < -0.39 is 0 Å². The first kappa shape index (κ1) is 13.7. The van der Waals surface area contributed by atoms with Crippen LogP contribution in [0, 0.1) is 0 Å². The monoisotopic (exact) mass is 299 g/mol. The van der Waals surface area contributed by atoms with Gasteiger partial charge in [0.1, 0.15) is 23.0 Å². The molecule has 0 saturated heterocycles. The second-order valence-electron chi connectivity index (χ2n) is 3.36. The average Bonchev–Trinajstić information content (AvgIpc) is 2.17. The SMILES string of the molecule is CCCCN(CCCC)CCOI. The summed E-state index contributed by atoms with van der Waals surface area (Å²) < 4.78 is 5.06. The van der Waals surface area contributed by atoms with E-state index in [4.69, 9.17) is 3.07 Å². The first-order chi connectivity index (χ1) is 6.35. The van der Waals surface area contributed by atoms with Gasteiger partial charge in [-0.3, -0.25) is 0 Å². The summed E-state index contributed by atoms with van der Waals surface area (Å²) in [5.74, 6) is 0. The van der Waals surface area contributed by atoms with E-state index in [9.17, 15) is 0 Å². The Balaban J connectivity index is 3.47. The van der Waals surface area contributed by atoms with E-state index in [1.54, 1.807) is 0 Å². The number of halogens is 1. The summed E-state index contributed by atoms with van der Waals surface area (Å²) in [5.41, 5.74) is 0. The minimum absolute atomic E-state index is 0.855. The molecule has 3 heteroatoms. The number of nitrogens with zero attached hydrogens (tertiary/aromatic N) is 1. The highest BCUT2D eigenvalue weighted by atomic mass is 127. The van der Waals surface area contributed by atoms with E-state index in [1.807, 2.05) is 23.0 Å². The molecule has 0 fully saturated rings. The van der Waals surface area contributed by atoms with Gasteiger partial charge in [0.25, 0.3) is 0 Å². The van der Waals surface area contributed by atoms with Gasteiger partial charge in [-0.1, -0.05) is 26.7 Å². The highest BCUT2D eigenvalue weighted by Gasteiger charge is 2.02. The van der Waals surface area contributed by atoms with Crippen LogP contribution >= 0.6 is 23.0 Å². The Kier molecular flexibility index (Phi) is 11.3. The van der Waals surface area contributed by atoms with Crippen LogP contribution in [0.2, 0.25) is 0 Å². The van der Waals surface area contributed by atoms with E-state index in [0.29, 0.717) is 0 Å². The fourth-order valence-electron chi connectivity index (χ4n) is 1.26. The normalized spacial score (nSPS) is 11.1. The Bertz CT molecular complexity index is 81.9. The third kappa shape index (κ3) is 8.97. The summed E-state index contributed by atoms with van der Waals surface area (Å²) in [5, 5.41) is 0. The molecule has 0 rings (SSSR count). The number of hydrogen-bond donors (Lipinski definition) is 0. The number of unbranched alkanes of at least 4 members (excludes halogenated alkanes) is 2. The molecule has 13 heavy (non-hydrogen) atoms. The van der Waals surface area contributed by atoms with Crippen molar-refractivity contribution in [2.45, 2.75) is 39.5 Å². The first-order valence-electron chi connectivity index (χ1n) is 5.31. The van der Waals surface area contributed by atoms with Crippen molar-refractivity contribution in [1.29, 1.82) is 0 Å². The van der Waals surface area contributed by atoms with Crippen molar-refractivity contribution < 1.29 is 3.07 Å². The molecule has 0 spiro atoms. The molecule has 2 nitrogen and oxygen atoms in total. The average molecular weight is 299 g/mol. The quantitative estimate of drug-likeness (QED) is 0.606. The first-order valence-corrected chi connectivity index (χ1v) is 6.19. The van der Waals surface area contributed by atoms with Gasteiger partial charge in [0.15, 0.2) is 0 Å². The highest BCUT2D eigenvalue weighted by Crippen LogP contribution is 1.99. The topological polar surface area (TPSA) is 12.5 Å². The Hall–Kier alpha value is 0.650. The summed E-state index contributed by atoms with van der Waals surface area (Å²) in [6.45, 7) is 8.89. The molecule has 0 saturated carbocycles. The van der Waals surface area contributed by atoms with Crippen molar-refractivity contribution in [1.82, 2.24) is 4.90 Å². The Labute approximate surface area is 96.7 Å². The van der Waals surface area contributed by atoms with Crippen LogP contribution in [0.4, 0.5) is 0 Å². The molecule has 0 heterocycles. The molecule has 0 amide bonds. The largest absolute Gasteiger partial charge is 0.314 e. The molecular formula is C10H22INO. The summed E-state index contributed by atoms with van der Waals surface area (Å²) in [6, 6.07) is 0. The van der Waals surface area contributed by atoms with Crippen LogP contribution in [0.15, 0.2) is 0 Å². The maximum absolute atomic E-state index is 5.06. The van der Waals surface area contributed by atoms with E-state index in [1.165, 1.54) is 38.8 Å². The predicted molar refractivity (Wildman–Crippen MR) is 66.2 cm³/mol. The lowest BCUT2D eigenvalue weighted by Crippen LogP contribution is -2.29. The summed E-state index contributed by atoms with van der Waals surface area (Å²) >= 11 is 1.97. The van der Waals surface area contributed by atoms with Crippen molar-refractivity contribution in [3.8, 4) is 0 Å². The standard InChI is InChI=1S/C10H22INO/c1-3-5-7-12(8-6-4-2)9-10-13-11/h3-10H2,1-2H3. The van der Waals surface area contributed by atoms with Crippen LogP contribution < -0.4 is 0 Å². The molecule has 0 aromatic heterocycles. The van der Waals surface area contributed by atoms with Crippen LogP contribution in [-0.4, -0.2) is 31.1 Å². The summed E-state index contributed by atoms with van der Waals surface area (Å²) in [4.78, 5) is 2.51. The van der Waals surface area contributed by atoms with Gasteiger partial charge in [-0.25, -0.2) is 0 Å². The fraction of sp³-hybridized carbons (Fsp3) is 1.00. The fourth-order valence-corrected chi connectivity index (χ4v) is 1.46. The molecule has 0 bridgehead atoms. The van der Waals surface area contributed by atoms with E-state index >= 15 is 0 Å². The predicted octanol–water partition coefficient (Wildman–Crippen LogP) is 3.26. The van der Waals surface area contributed by atoms with E-state index in [0.717, 1.165) is 13.2 Å². The maximum Gasteiger partial charge on any atom is 0.109 e. The maximum atomic E-state index is 5.06. The number of rotatable bonds is 9. The Morgan fingerprint density at radius 1 is 1.00 bits per heavy atom. The third-order valence-corrected chi connectivity index (χ3v) is 2.58. The van der Waals surface area contributed by atoms with Gasteiger partial charge in [-0.05, 0) is 25.9 Å². The van der Waals surface area contributed by atoms with Crippen LogP contribution in [0.5, 0.6) is 0 Å². The summed E-state index contributed by atoms with van der Waals surface area (Å²) in [7, 11) is 0. The molecular weight excluding hydrogens is 277 g/mol. The molecule has 0 aliphatic rings. The second-order valence-corrected chi connectivity index (χ2v) is 3.98. The lowest BCUT2D eigenvalue weighted by molar-refractivity contribution is 0.231. The van der Waals surface area contributed by atoms with Crippen molar-refractivity contribution in [2.24, 2.45) is 0 Å². The smallest absolute Gasteiger partial charge is 0.109 e. The molecule has 0 aliphatic carbocycles. The third-order valence-electron chi connectivity index (χ3n) is 2.14. The van der Waals surface area contributed by atoms with Gasteiger partial charge >= 0.3 is 0 Å². The van der Waals surface area contributed by atoms with Gasteiger partial charge in [-0.15, -0.1) is 0 Å². The van der Waals surface area contributed by atoms with Crippen molar-refractivity contribution in [3.63, 3.8) is 0 Å². The van der Waals surface area contributed by atoms with Crippen LogP contribution in [0.1, 0.15) is 39.5 Å². The molecule has 0 atom stereocenters. The zero-order chi connectivity index (χ0) is 9.94. The molecule has 0 aliphatic heterocycles. The number of hydrogen-bond acceptors (Lipinski definition) is 2. The van der Waals surface area contributed by atoms with Gasteiger partial charge in [-0.2, -0.15) is 0 Å². The van der Waals surface area contributed by atoms with Gasteiger partial charge in [0.2, 0.25) is 0 Å². The minimum atomic E-state index is 0.855. The van der Waals surface area contributed by atoms with Crippen molar-refractivity contribution in [3.05, 3.63) is 0 Å². The van der Waals surface area contributed by atoms with Crippen molar-refractivity contribution in [2.75, 3.05) is 26.2 Å². The van der Waals surface area contributed by atoms with E-state index in [2.05, 4.69) is 18.7 Å². The lowest BCUT2D eigenvalue weighted by atomic mass is 10.2. The molecule has 0 N–H and O–H groups in total. The van der Waals surface area contributed by atoms with Crippen LogP contribution in [0.3, 0.4) is 0 Å². The van der Waals surface area contributed by atoms with Gasteiger partial charge in [0, 0.05) is 6.54 Å². The van der Waals surface area contributed by atoms with Gasteiger partial charge < -0.3 is 7.97 Å². The summed E-state index contributed by atoms with van der Waals surface area (Å²) in [6.07, 6.45) is 5.19. The Morgan fingerprint density at radius 2 is 1.54 bits per heavy atom. The molecule has 0 aromatic carbocycles. The zero-order valence-corrected chi connectivity index (χ0v) is 11.0. The van der Waals surface area contributed by atoms with E-state index in [-0.39, 0.29) is 0 Å². The molecule has 80 valence electrons. The van der Waals surface area contributed by atoms with Gasteiger partial charge in [0.05, 0.1) is 6.61 Å². The second kappa shape index (κ2) is 10.7. The molecule has 0 aromatic rings. The van der Waals surface area contributed by atoms with Crippen LogP contribution in [0.25, 0.3) is 0 Å². The molecule has 0 radical (unpaired) electrons. The Morgan fingerprint density at radius 3 is 1.92 bits per heavy atom.